The molecule has 0 aromatic heterocycles. The predicted molar refractivity (Wildman–Crippen MR) is 126 cm³/mol. The number of likely N-dealkylation sites (tertiary alicyclic amines) is 1. The Balaban J connectivity index is 1.69. The predicted octanol–water partition coefficient (Wildman–Crippen LogP) is 4.68. The highest BCUT2D eigenvalue weighted by Gasteiger charge is 2.40. The summed E-state index contributed by atoms with van der Waals surface area (Å²) in [5.41, 5.74) is 9.20. The summed E-state index contributed by atoms with van der Waals surface area (Å²) < 4.78 is 25.3. The number of nitrogens with two attached hydrogens (primary N) is 1. The first kappa shape index (κ1) is 22.8. The minimum absolute atomic E-state index is 0.113. The van der Waals surface area contributed by atoms with Crippen LogP contribution in [0.15, 0.2) is 53.4 Å². The molecule has 2 unspecified atom stereocenters. The molecule has 0 amide bonds. The van der Waals surface area contributed by atoms with Crippen LogP contribution in [-0.4, -0.2) is 38.7 Å². The molecule has 2 atom stereocenters. The fraction of sp³-hybridized carbons (Fsp3) is 0.520. The fourth-order valence-electron chi connectivity index (χ4n) is 4.76. The van der Waals surface area contributed by atoms with Gasteiger partial charge in [0.05, 0.1) is 16.3 Å². The topological polar surface area (TPSA) is 63.4 Å². The van der Waals surface area contributed by atoms with Crippen LogP contribution in [0.4, 0.5) is 5.69 Å². The van der Waals surface area contributed by atoms with Gasteiger partial charge < -0.3 is 10.6 Å². The van der Waals surface area contributed by atoms with Crippen molar-refractivity contribution in [2.75, 3.05) is 31.1 Å². The van der Waals surface area contributed by atoms with Gasteiger partial charge in [-0.1, -0.05) is 63.2 Å². The van der Waals surface area contributed by atoms with Gasteiger partial charge in [0.15, 0.2) is 9.84 Å². The number of nitrogens with zero attached hydrogens (tertiary/aromatic N) is 1. The zero-order valence-electron chi connectivity index (χ0n) is 18.6. The summed E-state index contributed by atoms with van der Waals surface area (Å²) in [7, 11) is -3.33. The zero-order valence-corrected chi connectivity index (χ0v) is 19.4. The Hall–Kier alpha value is -1.85. The van der Waals surface area contributed by atoms with Gasteiger partial charge in [0, 0.05) is 6.54 Å². The Morgan fingerprint density at radius 1 is 1.13 bits per heavy atom. The molecule has 4 nitrogen and oxygen atoms in total. The molecule has 5 heteroatoms. The van der Waals surface area contributed by atoms with Crippen LogP contribution < -0.4 is 5.73 Å². The average molecular weight is 429 g/mol. The van der Waals surface area contributed by atoms with E-state index in [9.17, 15) is 8.42 Å². The maximum Gasteiger partial charge on any atom is 0.180 e. The molecule has 3 rings (SSSR count). The van der Waals surface area contributed by atoms with E-state index in [-0.39, 0.29) is 11.2 Å². The quantitative estimate of drug-likeness (QED) is 0.620. The van der Waals surface area contributed by atoms with Gasteiger partial charge in [-0.15, -0.1) is 0 Å². The maximum atomic E-state index is 12.7. The van der Waals surface area contributed by atoms with Crippen LogP contribution in [0.1, 0.15) is 51.2 Å². The van der Waals surface area contributed by atoms with E-state index in [0.717, 1.165) is 44.5 Å². The van der Waals surface area contributed by atoms with E-state index in [1.54, 1.807) is 6.07 Å². The largest absolute Gasteiger partial charge is 0.397 e. The molecule has 0 radical (unpaired) electrons. The molecule has 1 aliphatic heterocycles. The van der Waals surface area contributed by atoms with Crippen LogP contribution in [0, 0.1) is 5.92 Å². The molecule has 1 aliphatic rings. The number of benzene rings is 2. The van der Waals surface area contributed by atoms with E-state index < -0.39 is 9.84 Å². The Morgan fingerprint density at radius 2 is 1.87 bits per heavy atom. The molecule has 2 N–H and O–H groups in total. The van der Waals surface area contributed by atoms with Gasteiger partial charge in [-0.2, -0.15) is 0 Å². The molecule has 2 aromatic rings. The number of nitrogen functional groups attached to an aromatic ring is 1. The van der Waals surface area contributed by atoms with E-state index in [1.165, 1.54) is 5.56 Å². The third kappa shape index (κ3) is 4.89. The first-order valence-electron chi connectivity index (χ1n) is 11.2. The second-order valence-corrected chi connectivity index (χ2v) is 11.1. The lowest BCUT2D eigenvalue weighted by molar-refractivity contribution is 0.110. The summed E-state index contributed by atoms with van der Waals surface area (Å²) in [5.74, 6) is 0.539. The minimum atomic E-state index is -3.33. The fourth-order valence-corrected chi connectivity index (χ4v) is 6.25. The van der Waals surface area contributed by atoms with Crippen LogP contribution in [0.3, 0.4) is 0 Å². The maximum absolute atomic E-state index is 12.7. The lowest BCUT2D eigenvalue weighted by atomic mass is 9.67. The standard InChI is InChI=1S/C25H36N2O2S/c1-4-18-30(28,29)23-14-8-13-22(24(23)26)25(3)15-17-27(19-20(25)2)16-9-12-21-10-6-5-7-11-21/h5-8,10-11,13-14,20H,4,9,12,15-19,26H2,1-3H3. The second kappa shape index (κ2) is 9.52. The molecule has 30 heavy (non-hydrogen) atoms. The number of hydrogen-bond donors (Lipinski definition) is 1. The SMILES string of the molecule is CCCS(=O)(=O)c1cccc(C2(C)CCN(CCCc3ccccc3)CC2C)c1N. The summed E-state index contributed by atoms with van der Waals surface area (Å²) in [6.45, 7) is 9.53. The molecule has 164 valence electrons. The lowest BCUT2D eigenvalue weighted by Crippen LogP contribution is -2.47. The molecular weight excluding hydrogens is 392 g/mol. The number of hydrogen-bond acceptors (Lipinski definition) is 4. The van der Waals surface area contributed by atoms with Crippen LogP contribution in [0.25, 0.3) is 0 Å². The summed E-state index contributed by atoms with van der Waals surface area (Å²) in [5, 5.41) is 0. The van der Waals surface area contributed by atoms with Crippen LogP contribution in [0.5, 0.6) is 0 Å². The van der Waals surface area contributed by atoms with Crippen molar-refractivity contribution in [2.24, 2.45) is 5.92 Å². The molecule has 0 spiro atoms. The van der Waals surface area contributed by atoms with Crippen molar-refractivity contribution in [3.63, 3.8) is 0 Å². The molecule has 0 bridgehead atoms. The van der Waals surface area contributed by atoms with E-state index in [4.69, 9.17) is 5.73 Å². The summed E-state index contributed by atoms with van der Waals surface area (Å²) in [6, 6.07) is 16.2. The minimum Gasteiger partial charge on any atom is -0.397 e. The van der Waals surface area contributed by atoms with Gasteiger partial charge in [0.1, 0.15) is 0 Å². The van der Waals surface area contributed by atoms with Gasteiger partial charge in [-0.05, 0) is 67.3 Å². The molecular formula is C25H36N2O2S. The molecule has 1 heterocycles. The van der Waals surface area contributed by atoms with Gasteiger partial charge in [-0.25, -0.2) is 8.42 Å². The van der Waals surface area contributed by atoms with E-state index in [1.807, 2.05) is 19.1 Å². The molecule has 2 aromatic carbocycles. The summed E-state index contributed by atoms with van der Waals surface area (Å²) >= 11 is 0. The monoisotopic (exact) mass is 428 g/mol. The van der Waals surface area contributed by atoms with Crippen molar-refractivity contribution in [1.29, 1.82) is 0 Å². The number of sulfone groups is 1. The van der Waals surface area contributed by atoms with Crippen molar-refractivity contribution >= 4 is 15.5 Å². The van der Waals surface area contributed by atoms with Gasteiger partial charge in [0.2, 0.25) is 0 Å². The number of para-hydroxylation sites is 1. The molecule has 0 aliphatic carbocycles. The van der Waals surface area contributed by atoms with Crippen LogP contribution in [-0.2, 0) is 21.7 Å². The first-order valence-corrected chi connectivity index (χ1v) is 12.8. The summed E-state index contributed by atoms with van der Waals surface area (Å²) in [4.78, 5) is 2.85. The number of piperidine rings is 1. The molecule has 1 fully saturated rings. The zero-order chi connectivity index (χ0) is 21.8. The average Bonchev–Trinajstić information content (AvgIpc) is 2.71. The van der Waals surface area contributed by atoms with Crippen molar-refractivity contribution in [3.05, 3.63) is 59.7 Å². The van der Waals surface area contributed by atoms with Crippen molar-refractivity contribution in [2.45, 2.75) is 56.8 Å². The normalized spacial score (nSPS) is 22.8. The third-order valence-electron chi connectivity index (χ3n) is 6.84. The Bertz CT molecular complexity index is 943. The summed E-state index contributed by atoms with van der Waals surface area (Å²) in [6.07, 6.45) is 3.84. The third-order valence-corrected chi connectivity index (χ3v) is 8.81. The Labute approximate surface area is 182 Å². The van der Waals surface area contributed by atoms with Crippen molar-refractivity contribution in [1.82, 2.24) is 4.90 Å². The Morgan fingerprint density at radius 3 is 2.53 bits per heavy atom. The number of rotatable bonds is 8. The molecule has 1 saturated heterocycles. The smallest absolute Gasteiger partial charge is 0.180 e. The van der Waals surface area contributed by atoms with E-state index in [2.05, 4.69) is 49.1 Å². The van der Waals surface area contributed by atoms with Gasteiger partial charge in [-0.3, -0.25) is 0 Å². The lowest BCUT2D eigenvalue weighted by Gasteiger charge is -2.45. The van der Waals surface area contributed by atoms with E-state index >= 15 is 0 Å². The van der Waals surface area contributed by atoms with Crippen LogP contribution in [0.2, 0.25) is 0 Å². The van der Waals surface area contributed by atoms with Crippen molar-refractivity contribution < 1.29 is 8.42 Å². The highest BCUT2D eigenvalue weighted by atomic mass is 32.2. The Kier molecular flexibility index (Phi) is 7.25. The highest BCUT2D eigenvalue weighted by molar-refractivity contribution is 7.91. The molecule has 0 saturated carbocycles. The van der Waals surface area contributed by atoms with Crippen molar-refractivity contribution in [3.8, 4) is 0 Å². The van der Waals surface area contributed by atoms with Gasteiger partial charge in [0.25, 0.3) is 0 Å². The van der Waals surface area contributed by atoms with Gasteiger partial charge >= 0.3 is 0 Å². The van der Waals surface area contributed by atoms with E-state index in [0.29, 0.717) is 22.9 Å². The number of anilines is 1. The number of aryl methyl sites for hydroxylation is 1. The first-order chi connectivity index (χ1) is 14.3. The van der Waals surface area contributed by atoms with Crippen LogP contribution >= 0.6 is 0 Å². The highest BCUT2D eigenvalue weighted by Crippen LogP contribution is 2.43. The second-order valence-electron chi connectivity index (χ2n) is 8.99.